The van der Waals surface area contributed by atoms with E-state index in [1.165, 1.54) is 12.1 Å². The van der Waals surface area contributed by atoms with Gasteiger partial charge in [-0.15, -0.1) is 0 Å². The van der Waals surface area contributed by atoms with Crippen LogP contribution in [0.15, 0.2) is 65.3 Å². The van der Waals surface area contributed by atoms with Gasteiger partial charge < -0.3 is 14.6 Å². The van der Waals surface area contributed by atoms with Crippen LogP contribution in [0.5, 0.6) is 0 Å². The van der Waals surface area contributed by atoms with E-state index in [-0.39, 0.29) is 24.3 Å². The van der Waals surface area contributed by atoms with E-state index >= 15 is 0 Å². The summed E-state index contributed by atoms with van der Waals surface area (Å²) >= 11 is 0. The number of para-hydroxylation sites is 2. The summed E-state index contributed by atoms with van der Waals surface area (Å²) in [6, 6.07) is 14.6. The van der Waals surface area contributed by atoms with Crippen LogP contribution in [0, 0.1) is 5.82 Å². The number of anilines is 1. The van der Waals surface area contributed by atoms with Crippen molar-refractivity contribution in [3.63, 3.8) is 0 Å². The van der Waals surface area contributed by atoms with Gasteiger partial charge in [-0.25, -0.2) is 4.39 Å². The van der Waals surface area contributed by atoms with Gasteiger partial charge in [0.25, 0.3) is 6.01 Å². The molecule has 0 radical (unpaired) electrons. The molecule has 1 aliphatic heterocycles. The molecular formula is C23H22FN5O2. The van der Waals surface area contributed by atoms with Crippen molar-refractivity contribution in [2.24, 2.45) is 0 Å². The highest BCUT2D eigenvalue weighted by Gasteiger charge is 2.28. The summed E-state index contributed by atoms with van der Waals surface area (Å²) in [5.41, 5.74) is 3.30. The van der Waals surface area contributed by atoms with Crippen LogP contribution in [0.4, 0.5) is 10.4 Å². The molecule has 2 aromatic heterocycles. The zero-order valence-corrected chi connectivity index (χ0v) is 16.9. The van der Waals surface area contributed by atoms with Crippen LogP contribution in [0.1, 0.15) is 12.8 Å². The summed E-state index contributed by atoms with van der Waals surface area (Å²) in [6.07, 6.45) is 5.45. The number of hydrogen-bond acceptors (Lipinski definition) is 5. The number of carbonyl (C=O) groups is 1. The molecule has 1 N–H and O–H groups in total. The highest BCUT2D eigenvalue weighted by atomic mass is 19.1. The third-order valence-electron chi connectivity index (χ3n) is 5.56. The van der Waals surface area contributed by atoms with E-state index in [2.05, 4.69) is 20.3 Å². The Balaban J connectivity index is 1.19. The lowest BCUT2D eigenvalue weighted by atomic mass is 10.1. The molecule has 1 fully saturated rings. The van der Waals surface area contributed by atoms with Crippen LogP contribution in [0.2, 0.25) is 0 Å². The molecule has 0 bridgehead atoms. The highest BCUT2D eigenvalue weighted by molar-refractivity contribution is 5.76. The molecule has 0 saturated carbocycles. The number of aromatic nitrogens is 3. The van der Waals surface area contributed by atoms with Gasteiger partial charge in [0.1, 0.15) is 17.9 Å². The van der Waals surface area contributed by atoms with Crippen molar-refractivity contribution in [3.05, 3.63) is 66.7 Å². The fourth-order valence-corrected chi connectivity index (χ4v) is 3.96. The first-order valence-electron chi connectivity index (χ1n) is 10.3. The van der Waals surface area contributed by atoms with Crippen molar-refractivity contribution >= 4 is 23.0 Å². The number of benzene rings is 2. The van der Waals surface area contributed by atoms with Crippen molar-refractivity contribution in [2.75, 3.05) is 18.0 Å². The molecular weight excluding hydrogens is 397 g/mol. The number of amides is 1. The van der Waals surface area contributed by atoms with Crippen molar-refractivity contribution in [1.82, 2.24) is 20.1 Å². The van der Waals surface area contributed by atoms with Crippen LogP contribution in [-0.4, -0.2) is 39.8 Å². The fourth-order valence-electron chi connectivity index (χ4n) is 3.96. The maximum Gasteiger partial charge on any atom is 0.298 e. The lowest BCUT2D eigenvalue weighted by Crippen LogP contribution is -2.41. The van der Waals surface area contributed by atoms with Gasteiger partial charge in [0, 0.05) is 24.8 Å². The number of nitrogens with zero attached hydrogens (tertiary/aromatic N) is 4. The topological polar surface area (TPSA) is 76.2 Å². The quantitative estimate of drug-likeness (QED) is 0.517. The minimum atomic E-state index is -0.283. The molecule has 7 nitrogen and oxygen atoms in total. The van der Waals surface area contributed by atoms with Crippen molar-refractivity contribution < 1.29 is 13.6 Å². The van der Waals surface area contributed by atoms with Gasteiger partial charge in [0.15, 0.2) is 5.58 Å². The second-order valence-electron chi connectivity index (χ2n) is 7.69. The molecule has 1 amide bonds. The van der Waals surface area contributed by atoms with Gasteiger partial charge in [-0.2, -0.15) is 10.1 Å². The number of fused-ring (bicyclic) bond motifs is 1. The van der Waals surface area contributed by atoms with E-state index in [0.717, 1.165) is 41.6 Å². The molecule has 0 aliphatic carbocycles. The van der Waals surface area contributed by atoms with E-state index < -0.39 is 0 Å². The predicted molar refractivity (Wildman–Crippen MR) is 115 cm³/mol. The molecule has 1 aliphatic rings. The summed E-state index contributed by atoms with van der Waals surface area (Å²) in [6.45, 7) is 1.49. The first-order chi connectivity index (χ1) is 15.2. The van der Waals surface area contributed by atoms with Crippen molar-refractivity contribution in [1.29, 1.82) is 0 Å². The number of halogens is 1. The molecule has 31 heavy (non-hydrogen) atoms. The first-order valence-corrected chi connectivity index (χ1v) is 10.3. The normalized spacial score (nSPS) is 16.2. The lowest BCUT2D eigenvalue weighted by molar-refractivity contribution is -0.121. The number of rotatable bonds is 6. The van der Waals surface area contributed by atoms with Gasteiger partial charge >= 0.3 is 0 Å². The fraction of sp³-hybridized carbons (Fsp3) is 0.261. The largest absolute Gasteiger partial charge is 0.423 e. The van der Waals surface area contributed by atoms with E-state index in [0.29, 0.717) is 12.6 Å². The number of oxazole rings is 1. The molecule has 158 valence electrons. The minimum absolute atomic E-state index is 0.113. The standard InChI is InChI=1S/C23H22FN5O2/c24-18-9-7-16(8-10-18)17-12-26-28(14-17)15-22(30)25-13-19-4-3-11-29(19)23-27-20-5-1-2-6-21(20)31-23/h1-2,5-10,12,14,19H,3-4,11,13,15H2,(H,25,30). The Kier molecular flexibility index (Phi) is 5.11. The molecule has 5 rings (SSSR count). The second-order valence-corrected chi connectivity index (χ2v) is 7.69. The summed E-state index contributed by atoms with van der Waals surface area (Å²) in [4.78, 5) is 19.2. The van der Waals surface area contributed by atoms with Crippen LogP contribution in [0.25, 0.3) is 22.2 Å². The lowest BCUT2D eigenvalue weighted by Gasteiger charge is -2.23. The van der Waals surface area contributed by atoms with Crippen LogP contribution in [-0.2, 0) is 11.3 Å². The van der Waals surface area contributed by atoms with Crippen molar-refractivity contribution in [3.8, 4) is 11.1 Å². The Labute approximate surface area is 178 Å². The molecule has 4 aromatic rings. The van der Waals surface area contributed by atoms with Crippen LogP contribution in [0.3, 0.4) is 0 Å². The van der Waals surface area contributed by atoms with E-state index in [4.69, 9.17) is 4.42 Å². The summed E-state index contributed by atoms with van der Waals surface area (Å²) in [7, 11) is 0. The maximum absolute atomic E-state index is 13.1. The van der Waals surface area contributed by atoms with E-state index in [1.807, 2.05) is 24.3 Å². The monoisotopic (exact) mass is 419 g/mol. The summed E-state index contributed by atoms with van der Waals surface area (Å²) < 4.78 is 20.6. The Morgan fingerprint density at radius 1 is 1.16 bits per heavy atom. The third kappa shape index (κ3) is 4.14. The summed E-state index contributed by atoms with van der Waals surface area (Å²) in [5.74, 6) is -0.396. The van der Waals surface area contributed by atoms with Gasteiger partial charge in [0.2, 0.25) is 5.91 Å². The van der Waals surface area contributed by atoms with Gasteiger partial charge in [-0.05, 0) is 42.7 Å². The second kappa shape index (κ2) is 8.22. The van der Waals surface area contributed by atoms with E-state index in [1.54, 1.807) is 29.2 Å². The maximum atomic E-state index is 13.1. The molecule has 0 spiro atoms. The zero-order valence-electron chi connectivity index (χ0n) is 16.9. The molecule has 2 aromatic carbocycles. The first kappa shape index (κ1) is 19.3. The minimum Gasteiger partial charge on any atom is -0.423 e. The van der Waals surface area contributed by atoms with Crippen molar-refractivity contribution in [2.45, 2.75) is 25.4 Å². The average molecular weight is 419 g/mol. The molecule has 8 heteroatoms. The third-order valence-corrected chi connectivity index (χ3v) is 5.56. The van der Waals surface area contributed by atoms with E-state index in [9.17, 15) is 9.18 Å². The summed E-state index contributed by atoms with van der Waals surface area (Å²) in [5, 5.41) is 7.25. The van der Waals surface area contributed by atoms with Gasteiger partial charge in [-0.3, -0.25) is 9.48 Å². The molecule has 3 heterocycles. The Morgan fingerprint density at radius 2 is 2.00 bits per heavy atom. The predicted octanol–water partition coefficient (Wildman–Crippen LogP) is 3.62. The molecule has 1 unspecified atom stereocenters. The number of hydrogen-bond donors (Lipinski definition) is 1. The molecule has 1 saturated heterocycles. The van der Waals surface area contributed by atoms with Gasteiger partial charge in [0.05, 0.1) is 12.2 Å². The highest BCUT2D eigenvalue weighted by Crippen LogP contribution is 2.28. The van der Waals surface area contributed by atoms with Crippen LogP contribution >= 0.6 is 0 Å². The zero-order chi connectivity index (χ0) is 21.2. The number of nitrogens with one attached hydrogen (secondary N) is 1. The molecule has 1 atom stereocenters. The number of carbonyl (C=O) groups excluding carboxylic acids is 1. The Hall–Kier alpha value is -3.68. The smallest absolute Gasteiger partial charge is 0.298 e. The van der Waals surface area contributed by atoms with Crippen LogP contribution < -0.4 is 10.2 Å². The SMILES string of the molecule is O=C(Cn1cc(-c2ccc(F)cc2)cn1)NCC1CCCN1c1nc2ccccc2o1. The van der Waals surface area contributed by atoms with Gasteiger partial charge in [-0.1, -0.05) is 24.3 Å². The average Bonchev–Trinajstić information content (AvgIpc) is 3.51. The Morgan fingerprint density at radius 3 is 2.84 bits per heavy atom. The Bertz CT molecular complexity index is 1170.